The van der Waals surface area contributed by atoms with E-state index in [2.05, 4.69) is 10.1 Å². The molecule has 9 nitrogen and oxygen atoms in total. The van der Waals surface area contributed by atoms with Crippen LogP contribution in [0.2, 0.25) is 0 Å². The Morgan fingerprint density at radius 3 is 2.38 bits per heavy atom. The van der Waals surface area contributed by atoms with Gasteiger partial charge in [-0.1, -0.05) is 6.07 Å². The highest BCUT2D eigenvalue weighted by Crippen LogP contribution is 2.36. The van der Waals surface area contributed by atoms with Crippen molar-refractivity contribution in [3.05, 3.63) is 69.9 Å². The molecule has 1 aliphatic heterocycles. The summed E-state index contributed by atoms with van der Waals surface area (Å²) in [6, 6.07) is 9.07. The zero-order chi connectivity index (χ0) is 25.0. The first-order chi connectivity index (χ1) is 16.2. The second-order valence-corrected chi connectivity index (χ2v) is 7.70. The molecule has 2 aromatic rings. The van der Waals surface area contributed by atoms with E-state index < -0.39 is 23.6 Å². The Kier molecular flexibility index (Phi) is 7.35. The van der Waals surface area contributed by atoms with Crippen LogP contribution in [0.15, 0.2) is 51.7 Å². The summed E-state index contributed by atoms with van der Waals surface area (Å²) in [4.78, 5) is 50.4. The molecule has 0 radical (unpaired) electrons. The normalized spacial score (nSPS) is 14.6. The molecule has 34 heavy (non-hydrogen) atoms. The van der Waals surface area contributed by atoms with E-state index >= 15 is 0 Å². The second-order valence-electron chi connectivity index (χ2n) is 7.70. The lowest BCUT2D eigenvalue weighted by Crippen LogP contribution is -2.31. The van der Waals surface area contributed by atoms with Crippen molar-refractivity contribution in [1.29, 1.82) is 0 Å². The molecule has 1 aromatic heterocycles. The van der Waals surface area contributed by atoms with Gasteiger partial charge in [0.1, 0.15) is 17.1 Å². The number of hydrogen-bond acceptors (Lipinski definition) is 8. The van der Waals surface area contributed by atoms with Crippen molar-refractivity contribution in [3.63, 3.8) is 0 Å². The van der Waals surface area contributed by atoms with Crippen LogP contribution in [0.5, 0.6) is 0 Å². The van der Waals surface area contributed by atoms with E-state index in [0.29, 0.717) is 17.2 Å². The molecule has 0 unspecified atom stereocenters. The molecule has 0 aliphatic carbocycles. The topological polar surface area (TPSA) is 115 Å². The lowest BCUT2D eigenvalue weighted by molar-refractivity contribution is -0.154. The van der Waals surface area contributed by atoms with Crippen LogP contribution in [0.25, 0.3) is 6.08 Å². The average molecular weight is 466 g/mol. The predicted octanol–water partition coefficient (Wildman–Crippen LogP) is 2.95. The van der Waals surface area contributed by atoms with Crippen molar-refractivity contribution in [1.82, 2.24) is 5.32 Å². The van der Waals surface area contributed by atoms with Gasteiger partial charge in [0.25, 0.3) is 0 Å². The third kappa shape index (κ3) is 5.09. The van der Waals surface area contributed by atoms with Crippen molar-refractivity contribution in [2.24, 2.45) is 0 Å². The molecule has 2 heterocycles. The molecule has 1 N–H and O–H groups in total. The summed E-state index contributed by atoms with van der Waals surface area (Å²) in [6.07, 6.45) is 1.52. The molecule has 0 saturated heterocycles. The average Bonchev–Trinajstić information content (AvgIpc) is 3.33. The number of hydrogen-bond donors (Lipinski definition) is 1. The smallest absolute Gasteiger partial charge is 0.396 e. The lowest BCUT2D eigenvalue weighted by Gasteiger charge is -2.22. The van der Waals surface area contributed by atoms with Crippen molar-refractivity contribution >= 4 is 35.4 Å². The predicted molar refractivity (Wildman–Crippen MR) is 123 cm³/mol. The molecule has 1 amide bonds. The number of ketones is 1. The van der Waals surface area contributed by atoms with Crippen molar-refractivity contribution in [2.75, 3.05) is 18.6 Å². The van der Waals surface area contributed by atoms with E-state index in [1.807, 2.05) is 32.0 Å². The van der Waals surface area contributed by atoms with Gasteiger partial charge in [-0.25, -0.2) is 9.59 Å². The van der Waals surface area contributed by atoms with Crippen LogP contribution in [-0.4, -0.2) is 37.3 Å². The van der Waals surface area contributed by atoms with E-state index in [1.165, 1.54) is 13.2 Å². The maximum atomic E-state index is 13.2. The Balaban J connectivity index is 1.93. The summed E-state index contributed by atoms with van der Waals surface area (Å²) in [6.45, 7) is 7.23. The third-order valence-electron chi connectivity index (χ3n) is 5.10. The summed E-state index contributed by atoms with van der Waals surface area (Å²) in [7, 11) is 1.22. The number of benzene rings is 1. The van der Waals surface area contributed by atoms with E-state index in [9.17, 15) is 19.2 Å². The number of carbonyl (C=O) groups excluding carboxylic acids is 4. The maximum absolute atomic E-state index is 13.2. The van der Waals surface area contributed by atoms with Crippen molar-refractivity contribution in [3.8, 4) is 0 Å². The quantitative estimate of drug-likeness (QED) is 0.299. The van der Waals surface area contributed by atoms with Gasteiger partial charge in [0.15, 0.2) is 0 Å². The number of furan rings is 1. The minimum atomic E-state index is -0.978. The van der Waals surface area contributed by atoms with Crippen LogP contribution in [-0.2, 0) is 35.2 Å². The largest absolute Gasteiger partial charge is 0.465 e. The van der Waals surface area contributed by atoms with Gasteiger partial charge in [-0.05, 0) is 63.1 Å². The van der Waals surface area contributed by atoms with Crippen molar-refractivity contribution < 1.29 is 33.1 Å². The van der Waals surface area contributed by atoms with Gasteiger partial charge in [0.2, 0.25) is 5.78 Å². The van der Waals surface area contributed by atoms with Crippen molar-refractivity contribution in [2.45, 2.75) is 34.2 Å². The first-order valence-corrected chi connectivity index (χ1v) is 10.6. The van der Waals surface area contributed by atoms with Crippen LogP contribution in [0, 0.1) is 13.8 Å². The third-order valence-corrected chi connectivity index (χ3v) is 5.10. The summed E-state index contributed by atoms with van der Waals surface area (Å²) < 4.78 is 15.2. The minimum Gasteiger partial charge on any atom is -0.465 e. The molecule has 0 bridgehead atoms. The molecule has 1 aliphatic rings. The van der Waals surface area contributed by atoms with E-state index in [1.54, 1.807) is 30.9 Å². The number of nitrogens with one attached hydrogen (secondary N) is 1. The van der Waals surface area contributed by atoms with Crippen LogP contribution < -0.4 is 10.2 Å². The molecule has 3 rings (SSSR count). The van der Waals surface area contributed by atoms with Gasteiger partial charge >= 0.3 is 17.8 Å². The van der Waals surface area contributed by atoms with E-state index in [-0.39, 0.29) is 24.4 Å². The number of aryl methyl sites for hydroxylation is 2. The van der Waals surface area contributed by atoms with Gasteiger partial charge in [-0.3, -0.25) is 9.59 Å². The van der Waals surface area contributed by atoms with Crippen LogP contribution in [0.1, 0.15) is 36.5 Å². The first kappa shape index (κ1) is 24.5. The molecule has 1 aromatic carbocycles. The standard InChI is InChI=1S/C25H26N2O7/c1-6-33-25(31)23(29)26-13-19-8-7-18(34-19)12-20-22(28)21(24(30)32-5)16(4)27(20)17-10-14(2)9-15(3)11-17/h7-12H,6,13H2,1-5H3,(H,26,29). The number of nitrogens with zero attached hydrogens (tertiary/aromatic N) is 1. The number of esters is 2. The highest BCUT2D eigenvalue weighted by molar-refractivity contribution is 6.32. The summed E-state index contributed by atoms with van der Waals surface area (Å²) >= 11 is 0. The summed E-state index contributed by atoms with van der Waals surface area (Å²) in [5, 5.41) is 2.41. The molecule has 0 saturated carbocycles. The number of anilines is 1. The zero-order valence-corrected chi connectivity index (χ0v) is 19.7. The summed E-state index contributed by atoms with van der Waals surface area (Å²) in [5.74, 6) is -2.37. The number of carbonyl (C=O) groups is 4. The Labute approximate surface area is 197 Å². The monoisotopic (exact) mass is 466 g/mol. The van der Waals surface area contributed by atoms with Gasteiger partial charge in [-0.15, -0.1) is 0 Å². The van der Waals surface area contributed by atoms with E-state index in [4.69, 9.17) is 9.15 Å². The number of Topliss-reactive ketones (excluding diaryl/α,β-unsaturated/α-hetero) is 1. The number of methoxy groups -OCH3 is 1. The number of amides is 1. The Morgan fingerprint density at radius 1 is 1.09 bits per heavy atom. The minimum absolute atomic E-state index is 0.0414. The Bertz CT molecular complexity index is 1200. The summed E-state index contributed by atoms with van der Waals surface area (Å²) in [5.41, 5.74) is 3.33. The Hall–Kier alpha value is -4.14. The highest BCUT2D eigenvalue weighted by Gasteiger charge is 2.38. The van der Waals surface area contributed by atoms with Gasteiger partial charge in [0, 0.05) is 17.5 Å². The number of ether oxygens (including phenoxy) is 2. The van der Waals surface area contributed by atoms with Crippen LogP contribution in [0.3, 0.4) is 0 Å². The maximum Gasteiger partial charge on any atom is 0.396 e. The Morgan fingerprint density at radius 2 is 1.76 bits per heavy atom. The fourth-order valence-electron chi connectivity index (χ4n) is 3.71. The van der Waals surface area contributed by atoms with Gasteiger partial charge < -0.3 is 24.1 Å². The van der Waals surface area contributed by atoms with Crippen LogP contribution >= 0.6 is 0 Å². The lowest BCUT2D eigenvalue weighted by atomic mass is 10.1. The highest BCUT2D eigenvalue weighted by atomic mass is 16.5. The fourth-order valence-corrected chi connectivity index (χ4v) is 3.71. The molecular weight excluding hydrogens is 440 g/mol. The van der Waals surface area contributed by atoms with Crippen LogP contribution in [0.4, 0.5) is 5.69 Å². The molecule has 0 spiro atoms. The second kappa shape index (κ2) is 10.2. The molecular formula is C25H26N2O7. The molecule has 0 fully saturated rings. The van der Waals surface area contributed by atoms with Gasteiger partial charge in [-0.2, -0.15) is 0 Å². The zero-order valence-electron chi connectivity index (χ0n) is 19.7. The van der Waals surface area contributed by atoms with Gasteiger partial charge in [0.05, 0.1) is 26.0 Å². The molecule has 9 heteroatoms. The number of rotatable bonds is 6. The van der Waals surface area contributed by atoms with E-state index in [0.717, 1.165) is 16.8 Å². The molecule has 178 valence electrons. The number of allylic oxidation sites excluding steroid dienone is 2. The molecule has 0 atom stereocenters. The SMILES string of the molecule is CCOC(=O)C(=O)NCc1ccc(C=C2C(=O)C(C(=O)OC)=C(C)N2c2cc(C)cc(C)c2)o1. The first-order valence-electron chi connectivity index (χ1n) is 10.6. The fraction of sp³-hybridized carbons (Fsp3) is 0.280.